The van der Waals surface area contributed by atoms with Crippen molar-refractivity contribution < 1.29 is 0 Å². The van der Waals surface area contributed by atoms with E-state index in [0.717, 1.165) is 38.4 Å². The number of likely N-dealkylation sites (N-methyl/N-ethyl adjacent to an activating group) is 1. The second-order valence-corrected chi connectivity index (χ2v) is 5.15. The van der Waals surface area contributed by atoms with Crippen molar-refractivity contribution in [3.63, 3.8) is 0 Å². The molecule has 1 saturated heterocycles. The summed E-state index contributed by atoms with van der Waals surface area (Å²) in [5.41, 5.74) is 0.571. The minimum atomic E-state index is 0.389. The van der Waals surface area contributed by atoms with Crippen LogP contribution >= 0.6 is 11.6 Å². The number of nitrogens with zero attached hydrogens (tertiary/aromatic N) is 4. The highest BCUT2D eigenvalue weighted by Crippen LogP contribution is 2.24. The van der Waals surface area contributed by atoms with Crippen molar-refractivity contribution >= 4 is 17.4 Å². The molecule has 0 bridgehead atoms. The Morgan fingerprint density at radius 1 is 1.47 bits per heavy atom. The molecule has 1 aromatic rings. The largest absolute Gasteiger partial charge is 0.355 e. The van der Waals surface area contributed by atoms with Gasteiger partial charge < -0.3 is 4.90 Å². The molecule has 5 heteroatoms. The maximum Gasteiger partial charge on any atom is 0.132 e. The summed E-state index contributed by atoms with van der Waals surface area (Å²) in [5.74, 6) is 0.818. The smallest absolute Gasteiger partial charge is 0.132 e. The molecule has 0 aromatic carbocycles. The van der Waals surface area contributed by atoms with Crippen molar-refractivity contribution in [1.82, 2.24) is 9.88 Å². The summed E-state index contributed by atoms with van der Waals surface area (Å²) in [6, 6.07) is 6.11. The number of hydrogen-bond acceptors (Lipinski definition) is 4. The summed E-state index contributed by atoms with van der Waals surface area (Å²) in [7, 11) is 0. The molecule has 0 aliphatic carbocycles. The van der Waals surface area contributed by atoms with Crippen LogP contribution in [0.2, 0.25) is 5.15 Å². The molecule has 1 aliphatic heterocycles. The Labute approximate surface area is 119 Å². The van der Waals surface area contributed by atoms with E-state index in [1.54, 1.807) is 6.07 Å². The first-order valence-electron chi connectivity index (χ1n) is 6.74. The molecule has 4 nitrogen and oxygen atoms in total. The van der Waals surface area contributed by atoms with Gasteiger partial charge in [-0.2, -0.15) is 5.26 Å². The molecule has 102 valence electrons. The summed E-state index contributed by atoms with van der Waals surface area (Å²) in [6.45, 7) is 8.46. The molecule has 1 aliphatic rings. The second-order valence-electron chi connectivity index (χ2n) is 4.76. The molecule has 1 unspecified atom stereocenters. The molecule has 0 spiro atoms. The van der Waals surface area contributed by atoms with Crippen LogP contribution in [0.3, 0.4) is 0 Å². The SMILES string of the molecule is CCN(CC)C1CCN(c2cc(C#N)cc(Cl)n2)C1. The number of rotatable bonds is 4. The van der Waals surface area contributed by atoms with Gasteiger partial charge in [-0.15, -0.1) is 0 Å². The molecular formula is C14H19ClN4. The number of halogens is 1. The lowest BCUT2D eigenvalue weighted by molar-refractivity contribution is 0.232. The zero-order valence-electron chi connectivity index (χ0n) is 11.4. The minimum Gasteiger partial charge on any atom is -0.355 e. The van der Waals surface area contributed by atoms with Crippen LogP contribution in [-0.2, 0) is 0 Å². The van der Waals surface area contributed by atoms with E-state index in [4.69, 9.17) is 16.9 Å². The highest BCUT2D eigenvalue weighted by Gasteiger charge is 2.27. The van der Waals surface area contributed by atoms with Crippen LogP contribution in [0.1, 0.15) is 25.8 Å². The molecule has 0 amide bonds. The fourth-order valence-electron chi connectivity index (χ4n) is 2.70. The molecule has 19 heavy (non-hydrogen) atoms. The summed E-state index contributed by atoms with van der Waals surface area (Å²) < 4.78 is 0. The Hall–Kier alpha value is -1.31. The van der Waals surface area contributed by atoms with Gasteiger partial charge in [0.25, 0.3) is 0 Å². The van der Waals surface area contributed by atoms with Gasteiger partial charge >= 0.3 is 0 Å². The third-order valence-corrected chi connectivity index (χ3v) is 3.92. The molecule has 2 heterocycles. The highest BCUT2D eigenvalue weighted by molar-refractivity contribution is 6.29. The van der Waals surface area contributed by atoms with E-state index >= 15 is 0 Å². The van der Waals surface area contributed by atoms with Gasteiger partial charge in [0.05, 0.1) is 11.6 Å². The fourth-order valence-corrected chi connectivity index (χ4v) is 2.90. The van der Waals surface area contributed by atoms with Gasteiger partial charge in [0.2, 0.25) is 0 Å². The lowest BCUT2D eigenvalue weighted by Gasteiger charge is -2.26. The van der Waals surface area contributed by atoms with E-state index in [0.29, 0.717) is 16.8 Å². The first-order valence-corrected chi connectivity index (χ1v) is 7.12. The number of anilines is 1. The van der Waals surface area contributed by atoms with E-state index in [-0.39, 0.29) is 0 Å². The van der Waals surface area contributed by atoms with Crippen LogP contribution in [0.15, 0.2) is 12.1 Å². The fraction of sp³-hybridized carbons (Fsp3) is 0.571. The summed E-state index contributed by atoms with van der Waals surface area (Å²) in [5, 5.41) is 9.37. The van der Waals surface area contributed by atoms with Gasteiger partial charge in [-0.1, -0.05) is 25.4 Å². The Morgan fingerprint density at radius 3 is 2.84 bits per heavy atom. The second kappa shape index (κ2) is 6.23. The van der Waals surface area contributed by atoms with E-state index < -0.39 is 0 Å². The van der Waals surface area contributed by atoms with Gasteiger partial charge in [-0.3, -0.25) is 4.90 Å². The average molecular weight is 279 g/mol. The predicted octanol–water partition coefficient (Wildman–Crippen LogP) is 2.53. The summed E-state index contributed by atoms with van der Waals surface area (Å²) >= 11 is 5.96. The summed E-state index contributed by atoms with van der Waals surface area (Å²) in [4.78, 5) is 9.02. The standard InChI is InChI=1S/C14H19ClN4/c1-3-18(4-2)12-5-6-19(10-12)14-8-11(9-16)7-13(15)17-14/h7-8,12H,3-6,10H2,1-2H3. The molecule has 0 saturated carbocycles. The zero-order valence-corrected chi connectivity index (χ0v) is 12.2. The average Bonchev–Trinajstić information content (AvgIpc) is 2.89. The number of pyridine rings is 1. The van der Waals surface area contributed by atoms with Crippen LogP contribution in [0, 0.1) is 11.3 Å². The predicted molar refractivity (Wildman–Crippen MR) is 77.5 cm³/mol. The lowest BCUT2D eigenvalue weighted by Crippen LogP contribution is -2.37. The molecule has 1 aromatic heterocycles. The third-order valence-electron chi connectivity index (χ3n) is 3.73. The molecule has 2 rings (SSSR count). The first kappa shape index (κ1) is 14.1. The lowest BCUT2D eigenvalue weighted by atomic mass is 10.2. The van der Waals surface area contributed by atoms with Crippen molar-refractivity contribution in [3.05, 3.63) is 22.8 Å². The quantitative estimate of drug-likeness (QED) is 0.794. The molecule has 1 fully saturated rings. The molecule has 0 radical (unpaired) electrons. The van der Waals surface area contributed by atoms with Gasteiger partial charge in [0.1, 0.15) is 11.0 Å². The van der Waals surface area contributed by atoms with Crippen molar-refractivity contribution in [1.29, 1.82) is 5.26 Å². The van der Waals surface area contributed by atoms with Crippen LogP contribution < -0.4 is 4.90 Å². The normalized spacial score (nSPS) is 18.9. The van der Waals surface area contributed by atoms with Crippen molar-refractivity contribution in [2.75, 3.05) is 31.1 Å². The Morgan fingerprint density at radius 2 is 2.21 bits per heavy atom. The third kappa shape index (κ3) is 3.17. The van der Waals surface area contributed by atoms with Gasteiger partial charge in [-0.05, 0) is 31.6 Å². The summed E-state index contributed by atoms with van der Waals surface area (Å²) in [6.07, 6.45) is 1.14. The van der Waals surface area contributed by atoms with Crippen LogP contribution in [0.5, 0.6) is 0 Å². The Kier molecular flexibility index (Phi) is 4.62. The molecular weight excluding hydrogens is 260 g/mol. The zero-order chi connectivity index (χ0) is 13.8. The van der Waals surface area contributed by atoms with E-state index in [1.807, 2.05) is 6.07 Å². The van der Waals surface area contributed by atoms with Crippen LogP contribution in [-0.4, -0.2) is 42.1 Å². The van der Waals surface area contributed by atoms with Crippen LogP contribution in [0.4, 0.5) is 5.82 Å². The van der Waals surface area contributed by atoms with Crippen LogP contribution in [0.25, 0.3) is 0 Å². The Bertz CT molecular complexity index is 479. The molecule has 0 N–H and O–H groups in total. The van der Waals surface area contributed by atoms with Crippen molar-refractivity contribution in [2.24, 2.45) is 0 Å². The maximum absolute atomic E-state index is 8.98. The topological polar surface area (TPSA) is 43.2 Å². The van der Waals surface area contributed by atoms with Gasteiger partial charge in [0, 0.05) is 19.1 Å². The van der Waals surface area contributed by atoms with Crippen molar-refractivity contribution in [2.45, 2.75) is 26.3 Å². The number of nitriles is 1. The first-order chi connectivity index (χ1) is 9.17. The monoisotopic (exact) mass is 278 g/mol. The number of aromatic nitrogens is 1. The van der Waals surface area contributed by atoms with Crippen molar-refractivity contribution in [3.8, 4) is 6.07 Å². The molecule has 1 atom stereocenters. The van der Waals surface area contributed by atoms with E-state index in [2.05, 4.69) is 34.7 Å². The van der Waals surface area contributed by atoms with Gasteiger partial charge in [0.15, 0.2) is 0 Å². The highest BCUT2D eigenvalue weighted by atomic mass is 35.5. The number of hydrogen-bond donors (Lipinski definition) is 0. The van der Waals surface area contributed by atoms with E-state index in [1.165, 1.54) is 0 Å². The Balaban J connectivity index is 2.13. The van der Waals surface area contributed by atoms with Gasteiger partial charge in [-0.25, -0.2) is 4.98 Å². The van der Waals surface area contributed by atoms with E-state index in [9.17, 15) is 0 Å². The minimum absolute atomic E-state index is 0.389. The maximum atomic E-state index is 8.98.